The highest BCUT2D eigenvalue weighted by molar-refractivity contribution is 5.77. The van der Waals surface area contributed by atoms with E-state index >= 15 is 0 Å². The lowest BCUT2D eigenvalue weighted by molar-refractivity contribution is -0.147. The van der Waals surface area contributed by atoms with Gasteiger partial charge in [0.15, 0.2) is 18.0 Å². The number of rotatable bonds is 13. The Hall–Kier alpha value is -3.31. The summed E-state index contributed by atoms with van der Waals surface area (Å²) in [6.45, 7) is 3.54. The van der Waals surface area contributed by atoms with Crippen LogP contribution in [0.4, 0.5) is 18.0 Å². The fraction of sp³-hybridized carbons (Fsp3) is 0.643. The molecule has 0 aliphatic carbocycles. The molecule has 1 fully saturated rings. The second kappa shape index (κ2) is 13.4. The molecule has 0 aromatic carbocycles. The minimum atomic E-state index is -4.46. The highest BCUT2D eigenvalue weighted by atomic mass is 19.4. The topological polar surface area (TPSA) is 93.8 Å². The molecule has 4 heterocycles. The zero-order chi connectivity index (χ0) is 28.7. The number of fused-ring (bicyclic) bond motifs is 3. The maximum Gasteiger partial charge on any atom is 0.405 e. The van der Waals surface area contributed by atoms with Crippen molar-refractivity contribution in [3.05, 3.63) is 30.4 Å². The number of carbonyl (C=O) groups is 2. The molecule has 220 valence electrons. The number of halogens is 3. The standard InChI is InChI=1S/C28H39F3N6O3/c1-3-5-6-7-8-9-10-11-25(38)40-19-35-13-12-22-26(35)33-15-24-32-14-23(37(22)24)21-17-36(16-20(21)4-2)27(39)34-18-28(29,30)31/h12-15,20-21H,3-11,16-19H2,1-2H3,(H,34,39)/t20-,21+/m1/s1. The third-order valence-corrected chi connectivity index (χ3v) is 7.69. The molecular formula is C28H39F3N6O3. The van der Waals surface area contributed by atoms with E-state index in [-0.39, 0.29) is 31.1 Å². The summed E-state index contributed by atoms with van der Waals surface area (Å²) >= 11 is 0. The first kappa shape index (κ1) is 29.7. The summed E-state index contributed by atoms with van der Waals surface area (Å²) in [6, 6.07) is 1.16. The van der Waals surface area contributed by atoms with Crippen molar-refractivity contribution in [2.24, 2.45) is 5.92 Å². The Bertz CT molecular complexity index is 1290. The van der Waals surface area contributed by atoms with Gasteiger partial charge in [-0.1, -0.05) is 58.8 Å². The van der Waals surface area contributed by atoms with Gasteiger partial charge in [0.2, 0.25) is 0 Å². The van der Waals surface area contributed by atoms with E-state index in [1.165, 1.54) is 30.6 Å². The van der Waals surface area contributed by atoms with Gasteiger partial charge >= 0.3 is 18.2 Å². The number of nitrogens with one attached hydrogen (secondary N) is 1. The van der Waals surface area contributed by atoms with E-state index in [1.807, 2.05) is 28.9 Å². The molecule has 3 aromatic rings. The van der Waals surface area contributed by atoms with Crippen LogP contribution in [0, 0.1) is 5.92 Å². The van der Waals surface area contributed by atoms with Crippen LogP contribution >= 0.6 is 0 Å². The van der Waals surface area contributed by atoms with Gasteiger partial charge in [0.1, 0.15) is 6.54 Å². The highest BCUT2D eigenvalue weighted by Gasteiger charge is 2.38. The smallest absolute Gasteiger partial charge is 0.405 e. The molecule has 3 aromatic heterocycles. The third-order valence-electron chi connectivity index (χ3n) is 7.69. The van der Waals surface area contributed by atoms with Crippen LogP contribution in [-0.2, 0) is 16.3 Å². The number of ether oxygens (including phenoxy) is 1. The quantitative estimate of drug-likeness (QED) is 0.202. The lowest BCUT2D eigenvalue weighted by Gasteiger charge is -2.18. The predicted octanol–water partition coefficient (Wildman–Crippen LogP) is 6.02. The fourth-order valence-corrected chi connectivity index (χ4v) is 5.50. The molecule has 1 saturated heterocycles. The van der Waals surface area contributed by atoms with E-state index < -0.39 is 18.8 Å². The molecule has 12 heteroatoms. The van der Waals surface area contributed by atoms with Crippen LogP contribution in [0.25, 0.3) is 16.8 Å². The molecule has 1 aliphatic rings. The van der Waals surface area contributed by atoms with Crippen LogP contribution in [0.3, 0.4) is 0 Å². The average Bonchev–Trinajstić information content (AvgIpc) is 3.65. The van der Waals surface area contributed by atoms with Crippen molar-refractivity contribution in [2.45, 2.75) is 90.5 Å². The van der Waals surface area contributed by atoms with Crippen molar-refractivity contribution < 1.29 is 27.5 Å². The number of hydrogen-bond donors (Lipinski definition) is 1. The van der Waals surface area contributed by atoms with E-state index in [2.05, 4.69) is 16.9 Å². The lowest BCUT2D eigenvalue weighted by Crippen LogP contribution is -2.42. The Morgan fingerprint density at radius 1 is 1.05 bits per heavy atom. The number of hydrogen-bond acceptors (Lipinski definition) is 5. The number of nitrogens with zero attached hydrogens (tertiary/aromatic N) is 5. The molecule has 1 N–H and O–H groups in total. The largest absolute Gasteiger partial charge is 0.444 e. The number of carbonyl (C=O) groups excluding carboxylic acids is 2. The van der Waals surface area contributed by atoms with Gasteiger partial charge in [0.05, 0.1) is 11.7 Å². The highest BCUT2D eigenvalue weighted by Crippen LogP contribution is 2.36. The van der Waals surface area contributed by atoms with Gasteiger partial charge in [0, 0.05) is 43.5 Å². The second-order valence-corrected chi connectivity index (χ2v) is 10.6. The number of unbranched alkanes of at least 4 members (excludes halogenated alkanes) is 6. The van der Waals surface area contributed by atoms with Gasteiger partial charge in [-0.3, -0.25) is 13.8 Å². The van der Waals surface area contributed by atoms with Crippen molar-refractivity contribution in [3.63, 3.8) is 0 Å². The Morgan fingerprint density at radius 2 is 1.80 bits per heavy atom. The van der Waals surface area contributed by atoms with Crippen LogP contribution in [0.1, 0.15) is 83.2 Å². The molecule has 2 amide bonds. The summed E-state index contributed by atoms with van der Waals surface area (Å²) in [4.78, 5) is 35.2. The van der Waals surface area contributed by atoms with Gasteiger partial charge < -0.3 is 15.0 Å². The zero-order valence-corrected chi connectivity index (χ0v) is 23.3. The van der Waals surface area contributed by atoms with E-state index in [0.29, 0.717) is 24.3 Å². The average molecular weight is 565 g/mol. The maximum absolute atomic E-state index is 12.6. The molecule has 2 atom stereocenters. The van der Waals surface area contributed by atoms with Crippen molar-refractivity contribution in [1.29, 1.82) is 0 Å². The second-order valence-electron chi connectivity index (χ2n) is 10.6. The first-order chi connectivity index (χ1) is 19.2. The van der Waals surface area contributed by atoms with Crippen LogP contribution < -0.4 is 5.32 Å². The zero-order valence-electron chi connectivity index (χ0n) is 23.3. The molecule has 40 heavy (non-hydrogen) atoms. The molecule has 0 bridgehead atoms. The maximum atomic E-state index is 12.6. The Labute approximate surface area is 232 Å². The molecule has 4 rings (SSSR count). The van der Waals surface area contributed by atoms with E-state index in [9.17, 15) is 22.8 Å². The number of alkyl halides is 3. The molecule has 0 saturated carbocycles. The normalized spacial score (nSPS) is 17.7. The van der Waals surface area contributed by atoms with Gasteiger partial charge in [-0.2, -0.15) is 13.2 Å². The first-order valence-corrected chi connectivity index (χ1v) is 14.3. The van der Waals surface area contributed by atoms with Crippen LogP contribution in [-0.4, -0.2) is 61.6 Å². The number of urea groups is 1. The van der Waals surface area contributed by atoms with Crippen molar-refractivity contribution in [1.82, 2.24) is 29.2 Å². The predicted molar refractivity (Wildman–Crippen MR) is 145 cm³/mol. The van der Waals surface area contributed by atoms with Crippen LogP contribution in [0.2, 0.25) is 0 Å². The molecular weight excluding hydrogens is 525 g/mol. The van der Waals surface area contributed by atoms with Crippen LogP contribution in [0.15, 0.2) is 24.7 Å². The van der Waals surface area contributed by atoms with E-state index in [4.69, 9.17) is 4.74 Å². The number of aromatic nitrogens is 4. The number of imidazole rings is 1. The Balaban J connectivity index is 1.41. The molecule has 9 nitrogen and oxygen atoms in total. The summed E-state index contributed by atoms with van der Waals surface area (Å²) in [5.74, 6) is -0.278. The van der Waals surface area contributed by atoms with E-state index in [1.54, 1.807) is 17.0 Å². The van der Waals surface area contributed by atoms with Gasteiger partial charge in [-0.05, 0) is 18.4 Å². The number of likely N-dealkylation sites (tertiary alicyclic amines) is 1. The summed E-state index contributed by atoms with van der Waals surface area (Å²) in [5.41, 5.74) is 2.91. The summed E-state index contributed by atoms with van der Waals surface area (Å²) in [5, 5.41) is 1.98. The third kappa shape index (κ3) is 7.25. The summed E-state index contributed by atoms with van der Waals surface area (Å²) < 4.78 is 47.1. The molecule has 0 unspecified atom stereocenters. The summed E-state index contributed by atoms with van der Waals surface area (Å²) in [7, 11) is 0. The Morgan fingerprint density at radius 3 is 2.52 bits per heavy atom. The van der Waals surface area contributed by atoms with Crippen molar-refractivity contribution >= 4 is 28.8 Å². The first-order valence-electron chi connectivity index (χ1n) is 14.3. The van der Waals surface area contributed by atoms with E-state index in [0.717, 1.165) is 36.9 Å². The lowest BCUT2D eigenvalue weighted by atomic mass is 9.91. The monoisotopic (exact) mass is 564 g/mol. The number of amides is 2. The van der Waals surface area contributed by atoms with Crippen molar-refractivity contribution in [2.75, 3.05) is 19.6 Å². The SMILES string of the molecule is CCCCCCCCCC(=O)OCn1ccc2c1ncc1ncc([C@H]3CN(C(=O)NCC(F)(F)F)C[C@H]3CC)n12. The van der Waals surface area contributed by atoms with Crippen molar-refractivity contribution in [3.8, 4) is 0 Å². The fourth-order valence-electron chi connectivity index (χ4n) is 5.50. The van der Waals surface area contributed by atoms with Gasteiger partial charge in [0.25, 0.3) is 0 Å². The van der Waals surface area contributed by atoms with Gasteiger partial charge in [-0.25, -0.2) is 14.8 Å². The molecule has 0 radical (unpaired) electrons. The summed E-state index contributed by atoms with van der Waals surface area (Å²) in [6.07, 6.45) is 9.80. The number of esters is 1. The minimum absolute atomic E-state index is 0.0511. The Kier molecular flexibility index (Phi) is 9.91. The minimum Gasteiger partial charge on any atom is -0.444 e. The molecule has 1 aliphatic heterocycles. The van der Waals surface area contributed by atoms with Crippen LogP contribution in [0.5, 0.6) is 0 Å². The molecule has 0 spiro atoms. The van der Waals surface area contributed by atoms with Gasteiger partial charge in [-0.15, -0.1) is 0 Å².